The van der Waals surface area contributed by atoms with Gasteiger partial charge in [-0.25, -0.2) is 4.79 Å². The van der Waals surface area contributed by atoms with Crippen LogP contribution in [0.2, 0.25) is 0 Å². The zero-order chi connectivity index (χ0) is 18.8. The molecule has 6 nitrogen and oxygen atoms in total. The molecule has 0 bridgehead atoms. The number of ether oxygens (including phenoxy) is 1. The number of esters is 1. The number of hydrogen-bond acceptors (Lipinski definition) is 6. The minimum Gasteiger partial charge on any atom is -0.469 e. The summed E-state index contributed by atoms with van der Waals surface area (Å²) >= 11 is 0. The Bertz CT molecular complexity index is 884. The van der Waals surface area contributed by atoms with Crippen molar-refractivity contribution in [2.24, 2.45) is 11.7 Å². The van der Waals surface area contributed by atoms with Crippen LogP contribution in [0.25, 0.3) is 11.0 Å². The predicted molar refractivity (Wildman–Crippen MR) is 114 cm³/mol. The van der Waals surface area contributed by atoms with Crippen molar-refractivity contribution < 1.29 is 13.9 Å². The van der Waals surface area contributed by atoms with Gasteiger partial charge in [0.05, 0.1) is 13.0 Å². The van der Waals surface area contributed by atoms with Gasteiger partial charge >= 0.3 is 11.6 Å². The van der Waals surface area contributed by atoms with Gasteiger partial charge in [0.15, 0.2) is 0 Å². The van der Waals surface area contributed by atoms with Gasteiger partial charge in [0, 0.05) is 37.1 Å². The van der Waals surface area contributed by atoms with E-state index in [0.29, 0.717) is 25.2 Å². The molecule has 3 rings (SSSR count). The van der Waals surface area contributed by atoms with Crippen LogP contribution in [0.3, 0.4) is 0 Å². The van der Waals surface area contributed by atoms with Gasteiger partial charge in [-0.05, 0) is 49.4 Å². The molecule has 0 saturated carbocycles. The Kier molecular flexibility index (Phi) is 8.95. The van der Waals surface area contributed by atoms with Crippen molar-refractivity contribution in [3.05, 3.63) is 45.3 Å². The Morgan fingerprint density at radius 1 is 1.21 bits per heavy atom. The third-order valence-corrected chi connectivity index (χ3v) is 5.05. The first-order valence-corrected chi connectivity index (χ1v) is 8.97. The van der Waals surface area contributed by atoms with E-state index < -0.39 is 0 Å². The van der Waals surface area contributed by atoms with Crippen molar-refractivity contribution >= 4 is 41.8 Å². The second kappa shape index (κ2) is 10.3. The van der Waals surface area contributed by atoms with Gasteiger partial charge in [-0.2, -0.15) is 0 Å². The largest absolute Gasteiger partial charge is 0.469 e. The van der Waals surface area contributed by atoms with Crippen LogP contribution in [-0.4, -0.2) is 37.1 Å². The summed E-state index contributed by atoms with van der Waals surface area (Å²) in [5.74, 6) is -0.392. The molecule has 1 saturated heterocycles. The number of methoxy groups -OCH3 is 1. The van der Waals surface area contributed by atoms with E-state index in [9.17, 15) is 9.59 Å². The summed E-state index contributed by atoms with van der Waals surface area (Å²) in [7, 11) is 1.42. The number of aryl methyl sites for hydroxylation is 2. The lowest BCUT2D eigenvalue weighted by Gasteiger charge is -2.25. The maximum absolute atomic E-state index is 12.1. The van der Waals surface area contributed by atoms with E-state index in [1.807, 2.05) is 26.0 Å². The number of rotatable bonds is 3. The van der Waals surface area contributed by atoms with E-state index in [1.165, 1.54) is 7.11 Å². The lowest BCUT2D eigenvalue weighted by atomic mass is 10.0. The number of benzene rings is 1. The summed E-state index contributed by atoms with van der Waals surface area (Å²) in [5, 5.41) is 0.939. The number of nitrogens with zero attached hydrogens (tertiary/aromatic N) is 1. The Morgan fingerprint density at radius 2 is 1.93 bits per heavy atom. The number of nitrogens with two attached hydrogens (primary N) is 1. The number of carbonyl (C=O) groups is 1. The lowest BCUT2D eigenvalue weighted by Crippen LogP contribution is -2.37. The summed E-state index contributed by atoms with van der Waals surface area (Å²) in [5.41, 5.74) is 9.43. The quantitative estimate of drug-likeness (QED) is 0.594. The fourth-order valence-electron chi connectivity index (χ4n) is 3.85. The van der Waals surface area contributed by atoms with Gasteiger partial charge < -0.3 is 14.9 Å². The molecular formula is C20H28Cl2N2O4. The zero-order valence-electron chi connectivity index (χ0n) is 16.4. The summed E-state index contributed by atoms with van der Waals surface area (Å²) in [6.07, 6.45) is 1.51. The number of fused-ring (bicyclic) bond motifs is 1. The molecule has 0 spiro atoms. The van der Waals surface area contributed by atoms with Crippen molar-refractivity contribution in [2.45, 2.75) is 39.3 Å². The van der Waals surface area contributed by atoms with Gasteiger partial charge in [-0.1, -0.05) is 6.07 Å². The molecule has 0 amide bonds. The van der Waals surface area contributed by atoms with E-state index in [2.05, 4.69) is 4.90 Å². The standard InChI is InChI=1S/C20H26N2O4.2ClH/c1-12-6-13(2)19-17(7-12)15(8-18(23)26-19)10-22-9-14(20(24)25-3)4-5-16(21)11-22;;/h6-8,14,16H,4-5,9-11,21H2,1-3H3;2*1H/t14-,16+;;/m0../s1. The highest BCUT2D eigenvalue weighted by atomic mass is 35.5. The average Bonchev–Trinajstić information content (AvgIpc) is 2.76. The van der Waals surface area contributed by atoms with Crippen LogP contribution in [-0.2, 0) is 16.1 Å². The second-order valence-electron chi connectivity index (χ2n) is 7.30. The number of likely N-dealkylation sites (tertiary alicyclic amines) is 1. The highest BCUT2D eigenvalue weighted by Gasteiger charge is 2.28. The molecule has 1 aromatic heterocycles. The van der Waals surface area contributed by atoms with Crippen molar-refractivity contribution in [3.8, 4) is 0 Å². The van der Waals surface area contributed by atoms with Crippen molar-refractivity contribution in [3.63, 3.8) is 0 Å². The normalized spacial score (nSPS) is 20.0. The fourth-order valence-corrected chi connectivity index (χ4v) is 3.85. The topological polar surface area (TPSA) is 85.8 Å². The SMILES string of the molecule is COC(=O)[C@H]1CC[C@@H](N)CN(Cc2cc(=O)oc3c(C)cc(C)cc23)C1.Cl.Cl. The maximum Gasteiger partial charge on any atom is 0.336 e. The third kappa shape index (κ3) is 5.47. The molecule has 8 heteroatoms. The number of halogens is 2. The molecule has 1 aliphatic rings. The van der Waals surface area contributed by atoms with Crippen LogP contribution in [0.4, 0.5) is 0 Å². The van der Waals surface area contributed by atoms with Crippen LogP contribution < -0.4 is 11.4 Å². The molecule has 156 valence electrons. The Hall–Kier alpha value is -1.60. The molecule has 2 N–H and O–H groups in total. The van der Waals surface area contributed by atoms with Gasteiger partial charge in [-0.15, -0.1) is 24.8 Å². The second-order valence-corrected chi connectivity index (χ2v) is 7.30. The van der Waals surface area contributed by atoms with Crippen molar-refractivity contribution in [1.29, 1.82) is 0 Å². The van der Waals surface area contributed by atoms with E-state index in [-0.39, 0.29) is 48.4 Å². The first-order valence-electron chi connectivity index (χ1n) is 8.97. The number of hydrogen-bond donors (Lipinski definition) is 1. The number of carbonyl (C=O) groups excluding carboxylic acids is 1. The molecule has 2 atom stereocenters. The first-order chi connectivity index (χ1) is 12.4. The minimum absolute atomic E-state index is 0. The van der Waals surface area contributed by atoms with Gasteiger partial charge in [0.1, 0.15) is 5.58 Å². The predicted octanol–water partition coefficient (Wildman–Crippen LogP) is 2.97. The van der Waals surface area contributed by atoms with Crippen LogP contribution in [0.1, 0.15) is 29.5 Å². The van der Waals surface area contributed by atoms with E-state index in [1.54, 1.807) is 6.07 Å². The summed E-state index contributed by atoms with van der Waals surface area (Å²) in [4.78, 5) is 26.2. The third-order valence-electron chi connectivity index (χ3n) is 5.05. The van der Waals surface area contributed by atoms with Crippen LogP contribution in [0, 0.1) is 19.8 Å². The molecule has 0 radical (unpaired) electrons. The average molecular weight is 431 g/mol. The molecule has 0 aliphatic carbocycles. The molecule has 0 unspecified atom stereocenters. The molecule has 2 aromatic rings. The minimum atomic E-state index is -0.358. The Labute approximate surface area is 177 Å². The summed E-state index contributed by atoms with van der Waals surface area (Å²) < 4.78 is 10.4. The molecule has 28 heavy (non-hydrogen) atoms. The van der Waals surface area contributed by atoms with Crippen LogP contribution in [0.5, 0.6) is 0 Å². The Balaban J connectivity index is 0.00000196. The summed E-state index contributed by atoms with van der Waals surface area (Å²) in [6, 6.07) is 5.59. The Morgan fingerprint density at radius 3 is 2.61 bits per heavy atom. The first kappa shape index (κ1) is 24.4. The van der Waals surface area contributed by atoms with Gasteiger partial charge in [0.2, 0.25) is 0 Å². The highest BCUT2D eigenvalue weighted by Crippen LogP contribution is 2.25. The van der Waals surface area contributed by atoms with Crippen molar-refractivity contribution in [2.75, 3.05) is 20.2 Å². The van der Waals surface area contributed by atoms with Crippen molar-refractivity contribution in [1.82, 2.24) is 4.90 Å². The fraction of sp³-hybridized carbons (Fsp3) is 0.500. The highest BCUT2D eigenvalue weighted by molar-refractivity contribution is 5.85. The van der Waals surface area contributed by atoms with Gasteiger partial charge in [-0.3, -0.25) is 9.69 Å². The van der Waals surface area contributed by atoms with E-state index in [4.69, 9.17) is 14.9 Å². The summed E-state index contributed by atoms with van der Waals surface area (Å²) in [6.45, 7) is 5.77. The smallest absolute Gasteiger partial charge is 0.336 e. The monoisotopic (exact) mass is 430 g/mol. The molecule has 1 aromatic carbocycles. The van der Waals surface area contributed by atoms with Gasteiger partial charge in [0.25, 0.3) is 0 Å². The van der Waals surface area contributed by atoms with E-state index in [0.717, 1.165) is 34.9 Å². The zero-order valence-corrected chi connectivity index (χ0v) is 18.0. The van der Waals surface area contributed by atoms with E-state index >= 15 is 0 Å². The van der Waals surface area contributed by atoms with Crippen LogP contribution in [0.15, 0.2) is 27.4 Å². The molecular weight excluding hydrogens is 403 g/mol. The molecule has 1 aliphatic heterocycles. The lowest BCUT2D eigenvalue weighted by molar-refractivity contribution is -0.146. The van der Waals surface area contributed by atoms with Crippen LogP contribution >= 0.6 is 24.8 Å². The molecule has 1 fully saturated rings. The molecule has 2 heterocycles. The maximum atomic E-state index is 12.1.